The number of rotatable bonds is 5. The normalized spacial score (nSPS) is 20.0. The fourth-order valence-corrected chi connectivity index (χ4v) is 4.76. The third kappa shape index (κ3) is 5.14. The van der Waals surface area contributed by atoms with Crippen LogP contribution >= 0.6 is 0 Å². The Hall–Kier alpha value is -3.87. The van der Waals surface area contributed by atoms with Crippen molar-refractivity contribution in [2.75, 3.05) is 24.5 Å². The van der Waals surface area contributed by atoms with E-state index in [1.807, 2.05) is 35.2 Å². The van der Waals surface area contributed by atoms with Crippen molar-refractivity contribution in [2.24, 2.45) is 0 Å². The number of nitrogens with zero attached hydrogens (tertiary/aromatic N) is 2. The minimum atomic E-state index is -0.585. The molecule has 6 nitrogen and oxygen atoms in total. The molecule has 180 valence electrons. The Morgan fingerprint density at radius 3 is 2.63 bits per heavy atom. The molecular weight excluding hydrogens is 447 g/mol. The van der Waals surface area contributed by atoms with Crippen molar-refractivity contribution in [1.29, 1.82) is 0 Å². The van der Waals surface area contributed by atoms with Gasteiger partial charge < -0.3 is 14.4 Å². The molecule has 5 rings (SSSR count). The van der Waals surface area contributed by atoms with Crippen LogP contribution in [0.4, 0.5) is 14.9 Å². The molecule has 2 amide bonds. The third-order valence-corrected chi connectivity index (χ3v) is 6.60. The molecule has 2 aliphatic rings. The van der Waals surface area contributed by atoms with Gasteiger partial charge in [-0.3, -0.25) is 9.69 Å². The third-order valence-electron chi connectivity index (χ3n) is 6.60. The van der Waals surface area contributed by atoms with E-state index in [4.69, 9.17) is 9.47 Å². The van der Waals surface area contributed by atoms with Gasteiger partial charge in [-0.1, -0.05) is 36.4 Å². The van der Waals surface area contributed by atoms with E-state index in [1.165, 1.54) is 12.1 Å². The summed E-state index contributed by atoms with van der Waals surface area (Å²) < 4.78 is 25.1. The second kappa shape index (κ2) is 9.78. The lowest BCUT2D eigenvalue weighted by Gasteiger charge is -2.25. The summed E-state index contributed by atoms with van der Waals surface area (Å²) in [5, 5.41) is 0. The second-order valence-corrected chi connectivity index (χ2v) is 9.06. The molecule has 0 aromatic heterocycles. The SMILES string of the molecule is O=C(c1cccc(OCc2cccc(F)c2)c1)N1CCCC2(CC1)CN(c1ccccc1)C(=O)O2. The molecule has 35 heavy (non-hydrogen) atoms. The van der Waals surface area contributed by atoms with Gasteiger partial charge in [0.1, 0.15) is 23.8 Å². The van der Waals surface area contributed by atoms with Crippen LogP contribution in [0.25, 0.3) is 0 Å². The van der Waals surface area contributed by atoms with Gasteiger partial charge >= 0.3 is 6.09 Å². The Kier molecular flexibility index (Phi) is 6.40. The van der Waals surface area contributed by atoms with Crippen LogP contribution in [0, 0.1) is 5.82 Å². The zero-order valence-electron chi connectivity index (χ0n) is 19.4. The maximum absolute atomic E-state index is 13.4. The van der Waals surface area contributed by atoms with E-state index >= 15 is 0 Å². The molecule has 1 spiro atoms. The van der Waals surface area contributed by atoms with E-state index in [0.29, 0.717) is 43.8 Å². The van der Waals surface area contributed by atoms with E-state index < -0.39 is 5.60 Å². The van der Waals surface area contributed by atoms with Crippen LogP contribution < -0.4 is 9.64 Å². The number of likely N-dealkylation sites (tertiary alicyclic amines) is 1. The van der Waals surface area contributed by atoms with Crippen molar-refractivity contribution in [2.45, 2.75) is 31.5 Å². The van der Waals surface area contributed by atoms with E-state index in [9.17, 15) is 14.0 Å². The first-order valence-corrected chi connectivity index (χ1v) is 11.8. The highest BCUT2D eigenvalue weighted by atomic mass is 19.1. The van der Waals surface area contributed by atoms with E-state index in [0.717, 1.165) is 17.7 Å². The smallest absolute Gasteiger partial charge is 0.415 e. The van der Waals surface area contributed by atoms with Crippen LogP contribution in [-0.4, -0.2) is 42.1 Å². The standard InChI is InChI=1S/C28H27FN2O4/c29-23-9-4-7-21(17-23)19-34-25-12-5-8-22(18-25)26(32)30-15-6-13-28(14-16-30)20-31(27(33)35-28)24-10-2-1-3-11-24/h1-5,7-12,17-18H,6,13-16,19-20H2. The van der Waals surface area contributed by atoms with E-state index in [1.54, 1.807) is 41.3 Å². The molecule has 3 aromatic rings. The molecule has 1 atom stereocenters. The molecule has 2 saturated heterocycles. The second-order valence-electron chi connectivity index (χ2n) is 9.06. The number of hydrogen-bond acceptors (Lipinski definition) is 4. The summed E-state index contributed by atoms with van der Waals surface area (Å²) >= 11 is 0. The average Bonchev–Trinajstić information content (AvgIpc) is 3.07. The number of hydrogen-bond donors (Lipinski definition) is 0. The van der Waals surface area contributed by atoms with Gasteiger partial charge in [0, 0.05) is 30.8 Å². The van der Waals surface area contributed by atoms with Crippen LogP contribution in [0.3, 0.4) is 0 Å². The number of anilines is 1. The van der Waals surface area contributed by atoms with Crippen LogP contribution in [0.15, 0.2) is 78.9 Å². The summed E-state index contributed by atoms with van der Waals surface area (Å²) in [6.07, 6.45) is 1.71. The highest BCUT2D eigenvalue weighted by molar-refractivity contribution is 5.94. The first-order valence-electron chi connectivity index (χ1n) is 11.8. The van der Waals surface area contributed by atoms with E-state index in [-0.39, 0.29) is 24.4 Å². The van der Waals surface area contributed by atoms with Crippen molar-refractivity contribution in [3.05, 3.63) is 95.8 Å². The summed E-state index contributed by atoms with van der Waals surface area (Å²) in [5.74, 6) is 0.158. The average molecular weight is 475 g/mol. The topological polar surface area (TPSA) is 59.1 Å². The lowest BCUT2D eigenvalue weighted by atomic mass is 9.95. The number of para-hydroxylation sites is 1. The summed E-state index contributed by atoms with van der Waals surface area (Å²) in [6, 6.07) is 22.8. The molecule has 3 aromatic carbocycles. The van der Waals surface area contributed by atoms with Crippen molar-refractivity contribution < 1.29 is 23.5 Å². The Balaban J connectivity index is 1.23. The Morgan fingerprint density at radius 1 is 0.971 bits per heavy atom. The predicted octanol–water partition coefficient (Wildman–Crippen LogP) is 5.43. The Morgan fingerprint density at radius 2 is 1.80 bits per heavy atom. The quantitative estimate of drug-likeness (QED) is 0.495. The fourth-order valence-electron chi connectivity index (χ4n) is 4.76. The van der Waals surface area contributed by atoms with Crippen molar-refractivity contribution in [3.8, 4) is 5.75 Å². The van der Waals surface area contributed by atoms with Gasteiger partial charge in [0.05, 0.1) is 6.54 Å². The zero-order chi connectivity index (χ0) is 24.3. The molecule has 2 aliphatic heterocycles. The summed E-state index contributed by atoms with van der Waals surface area (Å²) in [5.41, 5.74) is 1.49. The first kappa shape index (κ1) is 22.9. The minimum absolute atomic E-state index is 0.0810. The maximum Gasteiger partial charge on any atom is 0.415 e. The number of halogens is 1. The van der Waals surface area contributed by atoms with Crippen LogP contribution in [-0.2, 0) is 11.3 Å². The van der Waals surface area contributed by atoms with Crippen LogP contribution in [0.2, 0.25) is 0 Å². The minimum Gasteiger partial charge on any atom is -0.489 e. The van der Waals surface area contributed by atoms with Gasteiger partial charge in [0.15, 0.2) is 0 Å². The van der Waals surface area contributed by atoms with Gasteiger partial charge in [0.2, 0.25) is 0 Å². The zero-order valence-corrected chi connectivity index (χ0v) is 19.4. The van der Waals surface area contributed by atoms with Gasteiger partial charge in [-0.25, -0.2) is 9.18 Å². The maximum atomic E-state index is 13.4. The molecule has 7 heteroatoms. The van der Waals surface area contributed by atoms with Gasteiger partial charge in [-0.05, 0) is 60.9 Å². The lowest BCUT2D eigenvalue weighted by molar-refractivity contribution is 0.0438. The predicted molar refractivity (Wildman–Crippen MR) is 130 cm³/mol. The molecule has 0 radical (unpaired) electrons. The molecule has 0 saturated carbocycles. The first-order chi connectivity index (χ1) is 17.0. The van der Waals surface area contributed by atoms with Crippen molar-refractivity contribution >= 4 is 17.7 Å². The highest BCUT2D eigenvalue weighted by Gasteiger charge is 2.46. The Labute approximate surface area is 203 Å². The van der Waals surface area contributed by atoms with Gasteiger partial charge in [0.25, 0.3) is 5.91 Å². The summed E-state index contributed by atoms with van der Waals surface area (Å²) in [6.45, 7) is 1.80. The molecule has 1 unspecified atom stereocenters. The molecule has 2 heterocycles. The molecular formula is C28H27FN2O4. The molecule has 2 fully saturated rings. The number of benzene rings is 3. The number of ether oxygens (including phenoxy) is 2. The van der Waals surface area contributed by atoms with E-state index in [2.05, 4.69) is 0 Å². The molecule has 0 aliphatic carbocycles. The summed E-state index contributed by atoms with van der Waals surface area (Å²) in [4.78, 5) is 29.4. The van der Waals surface area contributed by atoms with Crippen molar-refractivity contribution in [1.82, 2.24) is 4.90 Å². The van der Waals surface area contributed by atoms with Gasteiger partial charge in [-0.2, -0.15) is 0 Å². The van der Waals surface area contributed by atoms with Crippen LogP contribution in [0.1, 0.15) is 35.2 Å². The lowest BCUT2D eigenvalue weighted by Crippen LogP contribution is -2.37. The summed E-state index contributed by atoms with van der Waals surface area (Å²) in [7, 11) is 0. The van der Waals surface area contributed by atoms with Crippen LogP contribution in [0.5, 0.6) is 5.75 Å². The fraction of sp³-hybridized carbons (Fsp3) is 0.286. The number of amides is 2. The Bertz CT molecular complexity index is 1220. The monoisotopic (exact) mass is 474 g/mol. The number of carbonyl (C=O) groups is 2. The van der Waals surface area contributed by atoms with Gasteiger partial charge in [-0.15, -0.1) is 0 Å². The molecule has 0 bridgehead atoms. The van der Waals surface area contributed by atoms with Crippen molar-refractivity contribution in [3.63, 3.8) is 0 Å². The highest BCUT2D eigenvalue weighted by Crippen LogP contribution is 2.36. The largest absolute Gasteiger partial charge is 0.489 e. The number of carbonyl (C=O) groups excluding carboxylic acids is 2. The molecule has 0 N–H and O–H groups in total.